The van der Waals surface area contributed by atoms with Gasteiger partial charge in [0.05, 0.1) is 22.8 Å². The van der Waals surface area contributed by atoms with Gasteiger partial charge < -0.3 is 9.47 Å². The highest BCUT2D eigenvalue weighted by Crippen LogP contribution is 2.22. The quantitative estimate of drug-likeness (QED) is 0.533. The molecule has 6 nitrogen and oxygen atoms in total. The average Bonchev–Trinajstić information content (AvgIpc) is 2.65. The van der Waals surface area contributed by atoms with Crippen LogP contribution in [0.2, 0.25) is 0 Å². The first-order chi connectivity index (χ1) is 12.0. The molecule has 0 bridgehead atoms. The van der Waals surface area contributed by atoms with E-state index < -0.39 is 16.0 Å². The summed E-state index contributed by atoms with van der Waals surface area (Å²) in [5.41, 5.74) is 0.847. The van der Waals surface area contributed by atoms with Gasteiger partial charge >= 0.3 is 5.97 Å². The Morgan fingerprint density at radius 1 is 1.00 bits per heavy atom. The maximum absolute atomic E-state index is 12.7. The Hall–Kier alpha value is -2.38. The van der Waals surface area contributed by atoms with Crippen LogP contribution in [0, 0.1) is 0 Å². The van der Waals surface area contributed by atoms with Crippen LogP contribution in [0.4, 0.5) is 5.69 Å². The third-order valence-corrected chi connectivity index (χ3v) is 5.33. The molecule has 0 radical (unpaired) electrons. The lowest BCUT2D eigenvalue weighted by molar-refractivity contribution is 0.0335. The van der Waals surface area contributed by atoms with Gasteiger partial charge in [-0.2, -0.15) is 0 Å². The number of para-hydroxylation sites is 1. The Morgan fingerprint density at radius 2 is 1.64 bits per heavy atom. The van der Waals surface area contributed by atoms with Crippen LogP contribution in [0.1, 0.15) is 17.3 Å². The van der Waals surface area contributed by atoms with Gasteiger partial charge in [-0.3, -0.25) is 4.31 Å². The molecule has 0 amide bonds. The minimum absolute atomic E-state index is 0.102. The van der Waals surface area contributed by atoms with Crippen molar-refractivity contribution in [2.24, 2.45) is 0 Å². The number of ether oxygens (including phenoxy) is 2. The minimum atomic E-state index is -3.70. The van der Waals surface area contributed by atoms with E-state index in [9.17, 15) is 13.2 Å². The fraction of sp³-hybridized carbons (Fsp3) is 0.278. The summed E-state index contributed by atoms with van der Waals surface area (Å²) in [6, 6.07) is 14.4. The van der Waals surface area contributed by atoms with Crippen LogP contribution in [-0.4, -0.2) is 41.3 Å². The van der Waals surface area contributed by atoms with Crippen LogP contribution in [-0.2, 0) is 19.5 Å². The standard InChI is InChI=1S/C18H21NO5S/c1-3-23-13-14-24-18(20)15-9-11-17(12-10-15)25(21,22)19(2)16-7-5-4-6-8-16/h4-12H,3,13-14H2,1-2H3. The molecule has 0 saturated heterocycles. The van der Waals surface area contributed by atoms with Crippen LogP contribution in [0.25, 0.3) is 0 Å². The van der Waals surface area contributed by atoms with E-state index >= 15 is 0 Å². The van der Waals surface area contributed by atoms with Crippen molar-refractivity contribution in [3.8, 4) is 0 Å². The predicted molar refractivity (Wildman–Crippen MR) is 95.2 cm³/mol. The minimum Gasteiger partial charge on any atom is -0.460 e. The van der Waals surface area contributed by atoms with Crippen LogP contribution in [0.15, 0.2) is 59.5 Å². The van der Waals surface area contributed by atoms with Gasteiger partial charge in [-0.1, -0.05) is 18.2 Å². The van der Waals surface area contributed by atoms with E-state index in [2.05, 4.69) is 0 Å². The summed E-state index contributed by atoms with van der Waals surface area (Å²) in [6.07, 6.45) is 0. The second-order valence-corrected chi connectivity index (χ2v) is 7.13. The third-order valence-electron chi connectivity index (χ3n) is 3.53. The maximum atomic E-state index is 12.7. The Morgan fingerprint density at radius 3 is 2.24 bits per heavy atom. The van der Waals surface area contributed by atoms with Gasteiger partial charge in [-0.05, 0) is 43.3 Å². The van der Waals surface area contributed by atoms with Crippen molar-refractivity contribution in [3.05, 3.63) is 60.2 Å². The predicted octanol–water partition coefficient (Wildman–Crippen LogP) is 2.71. The number of sulfonamides is 1. The first-order valence-corrected chi connectivity index (χ1v) is 9.29. The van der Waals surface area contributed by atoms with Crippen molar-refractivity contribution in [3.63, 3.8) is 0 Å². The van der Waals surface area contributed by atoms with Gasteiger partial charge in [0.1, 0.15) is 6.61 Å². The van der Waals surface area contributed by atoms with Crippen molar-refractivity contribution in [1.29, 1.82) is 0 Å². The molecular formula is C18H21NO5S. The molecule has 2 aromatic carbocycles. The van der Waals surface area contributed by atoms with Gasteiger partial charge in [0.2, 0.25) is 0 Å². The zero-order valence-corrected chi connectivity index (χ0v) is 15.0. The molecule has 0 spiro atoms. The van der Waals surface area contributed by atoms with Crippen LogP contribution in [0.3, 0.4) is 0 Å². The van der Waals surface area contributed by atoms with Crippen molar-refractivity contribution in [1.82, 2.24) is 0 Å². The summed E-state index contributed by atoms with van der Waals surface area (Å²) in [7, 11) is -2.21. The van der Waals surface area contributed by atoms with E-state index in [1.54, 1.807) is 24.3 Å². The van der Waals surface area contributed by atoms with E-state index in [1.807, 2.05) is 13.0 Å². The average molecular weight is 363 g/mol. The largest absolute Gasteiger partial charge is 0.460 e. The number of hydrogen-bond acceptors (Lipinski definition) is 5. The zero-order chi connectivity index (χ0) is 18.3. The molecule has 0 atom stereocenters. The van der Waals surface area contributed by atoms with Crippen molar-refractivity contribution in [2.75, 3.05) is 31.2 Å². The summed E-state index contributed by atoms with van der Waals surface area (Å²) in [6.45, 7) is 2.90. The highest BCUT2D eigenvalue weighted by atomic mass is 32.2. The van der Waals surface area contributed by atoms with E-state index in [1.165, 1.54) is 35.6 Å². The van der Waals surface area contributed by atoms with Crippen LogP contribution >= 0.6 is 0 Å². The topological polar surface area (TPSA) is 72.9 Å². The molecule has 7 heteroatoms. The molecule has 0 N–H and O–H groups in total. The second kappa shape index (κ2) is 8.64. The summed E-state index contributed by atoms with van der Waals surface area (Å²) in [5, 5.41) is 0. The maximum Gasteiger partial charge on any atom is 0.338 e. The van der Waals surface area contributed by atoms with Gasteiger partial charge in [0.15, 0.2) is 0 Å². The number of nitrogens with zero attached hydrogens (tertiary/aromatic N) is 1. The summed E-state index contributed by atoms with van der Waals surface area (Å²) in [5.74, 6) is -0.514. The van der Waals surface area contributed by atoms with E-state index in [0.29, 0.717) is 18.9 Å². The molecule has 134 valence electrons. The smallest absolute Gasteiger partial charge is 0.338 e. The van der Waals surface area contributed by atoms with Gasteiger partial charge in [-0.25, -0.2) is 13.2 Å². The van der Waals surface area contributed by atoms with Crippen LogP contribution < -0.4 is 4.31 Å². The van der Waals surface area contributed by atoms with E-state index in [0.717, 1.165) is 0 Å². The molecule has 0 aliphatic carbocycles. The number of carbonyl (C=O) groups excluding carboxylic acids is 1. The first kappa shape index (κ1) is 19.0. The molecule has 0 aromatic heterocycles. The van der Waals surface area contributed by atoms with E-state index in [-0.39, 0.29) is 17.1 Å². The molecule has 0 fully saturated rings. The SMILES string of the molecule is CCOCCOC(=O)c1ccc(S(=O)(=O)N(C)c2ccccc2)cc1. The molecule has 0 aliphatic heterocycles. The summed E-state index contributed by atoms with van der Waals surface area (Å²) in [4.78, 5) is 12.0. The first-order valence-electron chi connectivity index (χ1n) is 7.85. The Balaban J connectivity index is 2.09. The molecule has 25 heavy (non-hydrogen) atoms. The summed E-state index contributed by atoms with van der Waals surface area (Å²) < 4.78 is 36.6. The zero-order valence-electron chi connectivity index (χ0n) is 14.2. The van der Waals surface area contributed by atoms with Gasteiger partial charge in [-0.15, -0.1) is 0 Å². The summed E-state index contributed by atoms with van der Waals surface area (Å²) >= 11 is 0. The fourth-order valence-corrected chi connectivity index (χ4v) is 3.31. The lowest BCUT2D eigenvalue weighted by Gasteiger charge is -2.19. The van der Waals surface area contributed by atoms with Crippen molar-refractivity contribution < 1.29 is 22.7 Å². The number of carbonyl (C=O) groups is 1. The number of esters is 1. The van der Waals surface area contributed by atoms with Crippen molar-refractivity contribution >= 4 is 21.7 Å². The normalized spacial score (nSPS) is 11.1. The molecule has 0 saturated carbocycles. The molecule has 2 aromatic rings. The lowest BCUT2D eigenvalue weighted by atomic mass is 10.2. The fourth-order valence-electron chi connectivity index (χ4n) is 2.12. The van der Waals surface area contributed by atoms with E-state index in [4.69, 9.17) is 9.47 Å². The molecule has 0 aliphatic rings. The monoisotopic (exact) mass is 363 g/mol. The van der Waals surface area contributed by atoms with Gasteiger partial charge in [0, 0.05) is 13.7 Å². The Bertz CT molecular complexity index is 788. The molecular weight excluding hydrogens is 342 g/mol. The number of rotatable bonds is 8. The Labute approximate surface area is 148 Å². The highest BCUT2D eigenvalue weighted by molar-refractivity contribution is 7.92. The Kier molecular flexibility index (Phi) is 6.55. The molecule has 2 rings (SSSR count). The van der Waals surface area contributed by atoms with Gasteiger partial charge in [0.25, 0.3) is 10.0 Å². The van der Waals surface area contributed by atoms with Crippen LogP contribution in [0.5, 0.6) is 0 Å². The lowest BCUT2D eigenvalue weighted by Crippen LogP contribution is -2.26. The molecule has 0 unspecified atom stereocenters. The van der Waals surface area contributed by atoms with Crippen molar-refractivity contribution in [2.45, 2.75) is 11.8 Å². The number of hydrogen-bond donors (Lipinski definition) is 0. The molecule has 0 heterocycles. The third kappa shape index (κ3) is 4.80. The number of anilines is 1. The second-order valence-electron chi connectivity index (χ2n) is 5.17. The number of benzene rings is 2. The highest BCUT2D eigenvalue weighted by Gasteiger charge is 2.21.